The second-order valence-electron chi connectivity index (χ2n) is 5.63. The Hall–Kier alpha value is -1.60. The van der Waals surface area contributed by atoms with E-state index in [-0.39, 0.29) is 0 Å². The molecule has 0 saturated heterocycles. The van der Waals surface area contributed by atoms with Crippen LogP contribution in [0.3, 0.4) is 0 Å². The van der Waals surface area contributed by atoms with Gasteiger partial charge in [-0.2, -0.15) is 0 Å². The Kier molecular flexibility index (Phi) is 5.37. The third kappa shape index (κ3) is 3.49. The number of likely N-dealkylation sites (N-methyl/N-ethyl adjacent to an activating group) is 1. The van der Waals surface area contributed by atoms with Gasteiger partial charge in [0, 0.05) is 12.0 Å². The van der Waals surface area contributed by atoms with Crippen LogP contribution >= 0.6 is 0 Å². The highest BCUT2D eigenvalue weighted by molar-refractivity contribution is 5.34. The minimum Gasteiger partial charge on any atom is -0.313 e. The molecular weight excluding hydrogens is 242 g/mol. The zero-order valence-electron chi connectivity index (χ0n) is 12.7. The zero-order valence-corrected chi connectivity index (χ0v) is 12.7. The fourth-order valence-corrected chi connectivity index (χ4v) is 2.90. The molecule has 20 heavy (non-hydrogen) atoms. The number of rotatable bonds is 6. The molecule has 2 rings (SSSR count). The van der Waals surface area contributed by atoms with Gasteiger partial charge < -0.3 is 5.32 Å². The van der Waals surface area contributed by atoms with Gasteiger partial charge in [0.2, 0.25) is 0 Å². The number of hydrogen-bond acceptors (Lipinski definition) is 1. The van der Waals surface area contributed by atoms with Crippen molar-refractivity contribution in [3.05, 3.63) is 71.8 Å². The lowest BCUT2D eigenvalue weighted by Gasteiger charge is -2.32. The highest BCUT2D eigenvalue weighted by Crippen LogP contribution is 2.31. The maximum absolute atomic E-state index is 3.68. The second kappa shape index (κ2) is 7.25. The molecule has 0 bridgehead atoms. The third-order valence-corrected chi connectivity index (χ3v) is 3.83. The number of nitrogens with one attached hydrogen (secondary N) is 1. The summed E-state index contributed by atoms with van der Waals surface area (Å²) in [7, 11) is 0. The lowest BCUT2D eigenvalue weighted by Crippen LogP contribution is -2.39. The maximum Gasteiger partial charge on any atom is 0.0245 e. The molecule has 0 amide bonds. The van der Waals surface area contributed by atoms with Crippen molar-refractivity contribution in [1.82, 2.24) is 5.32 Å². The van der Waals surface area contributed by atoms with Crippen LogP contribution in [0.15, 0.2) is 60.7 Å². The molecule has 1 N–H and O–H groups in total. The van der Waals surface area contributed by atoms with Crippen molar-refractivity contribution in [2.24, 2.45) is 5.92 Å². The van der Waals surface area contributed by atoms with Crippen molar-refractivity contribution in [3.63, 3.8) is 0 Å². The Morgan fingerprint density at radius 2 is 1.25 bits per heavy atom. The van der Waals surface area contributed by atoms with E-state index in [1.807, 2.05) is 0 Å². The molecule has 0 aliphatic rings. The van der Waals surface area contributed by atoms with Crippen LogP contribution in [-0.4, -0.2) is 12.6 Å². The molecule has 0 aromatic heterocycles. The minimum absolute atomic E-state index is 0.400. The van der Waals surface area contributed by atoms with Crippen molar-refractivity contribution >= 4 is 0 Å². The SMILES string of the molecule is CCNC(C(C)C)C(c1ccccc1)c1ccccc1. The van der Waals surface area contributed by atoms with E-state index in [0.29, 0.717) is 17.9 Å². The van der Waals surface area contributed by atoms with Crippen molar-refractivity contribution in [3.8, 4) is 0 Å². The van der Waals surface area contributed by atoms with Gasteiger partial charge in [-0.15, -0.1) is 0 Å². The molecule has 0 heterocycles. The van der Waals surface area contributed by atoms with Gasteiger partial charge in [0.25, 0.3) is 0 Å². The highest BCUT2D eigenvalue weighted by Gasteiger charge is 2.26. The molecule has 0 aliphatic heterocycles. The van der Waals surface area contributed by atoms with Crippen molar-refractivity contribution < 1.29 is 0 Å². The highest BCUT2D eigenvalue weighted by atomic mass is 14.9. The van der Waals surface area contributed by atoms with Crippen LogP contribution in [0.2, 0.25) is 0 Å². The fourth-order valence-electron chi connectivity index (χ4n) is 2.90. The van der Waals surface area contributed by atoms with Gasteiger partial charge in [-0.3, -0.25) is 0 Å². The van der Waals surface area contributed by atoms with Crippen LogP contribution in [-0.2, 0) is 0 Å². The number of hydrogen-bond donors (Lipinski definition) is 1. The smallest absolute Gasteiger partial charge is 0.0245 e. The third-order valence-electron chi connectivity index (χ3n) is 3.83. The molecule has 1 atom stereocenters. The zero-order chi connectivity index (χ0) is 14.4. The molecular formula is C19H25N. The summed E-state index contributed by atoms with van der Waals surface area (Å²) < 4.78 is 0. The topological polar surface area (TPSA) is 12.0 Å². The Balaban J connectivity index is 2.43. The van der Waals surface area contributed by atoms with E-state index in [1.54, 1.807) is 0 Å². The van der Waals surface area contributed by atoms with Gasteiger partial charge in [-0.1, -0.05) is 81.4 Å². The van der Waals surface area contributed by atoms with Crippen LogP contribution < -0.4 is 5.32 Å². The normalized spacial score (nSPS) is 12.8. The van der Waals surface area contributed by atoms with Gasteiger partial charge in [-0.25, -0.2) is 0 Å². The molecule has 2 aromatic carbocycles. The quantitative estimate of drug-likeness (QED) is 0.815. The van der Waals surface area contributed by atoms with E-state index < -0.39 is 0 Å². The molecule has 0 fully saturated rings. The Morgan fingerprint density at radius 1 is 0.800 bits per heavy atom. The van der Waals surface area contributed by atoms with E-state index in [1.165, 1.54) is 11.1 Å². The monoisotopic (exact) mass is 267 g/mol. The molecule has 2 aromatic rings. The molecule has 1 nitrogen and oxygen atoms in total. The van der Waals surface area contributed by atoms with E-state index in [4.69, 9.17) is 0 Å². The van der Waals surface area contributed by atoms with E-state index in [0.717, 1.165) is 6.54 Å². The first-order chi connectivity index (χ1) is 9.74. The fraction of sp³-hybridized carbons (Fsp3) is 0.368. The van der Waals surface area contributed by atoms with E-state index >= 15 is 0 Å². The standard InChI is InChI=1S/C19H25N/c1-4-20-19(15(2)3)18(16-11-7-5-8-12-16)17-13-9-6-10-14-17/h5-15,18-20H,4H2,1-3H3. The Morgan fingerprint density at radius 3 is 1.60 bits per heavy atom. The molecule has 1 unspecified atom stereocenters. The Labute approximate surface area is 123 Å². The molecule has 106 valence electrons. The van der Waals surface area contributed by atoms with Gasteiger partial charge >= 0.3 is 0 Å². The van der Waals surface area contributed by atoms with E-state index in [9.17, 15) is 0 Å². The molecule has 0 spiro atoms. The first-order valence-corrected chi connectivity index (χ1v) is 7.57. The van der Waals surface area contributed by atoms with Crippen molar-refractivity contribution in [1.29, 1.82) is 0 Å². The first-order valence-electron chi connectivity index (χ1n) is 7.57. The summed E-state index contributed by atoms with van der Waals surface area (Å²) in [5.74, 6) is 0.984. The molecule has 0 aliphatic carbocycles. The van der Waals surface area contributed by atoms with Crippen molar-refractivity contribution in [2.75, 3.05) is 6.54 Å². The predicted molar refractivity (Wildman–Crippen MR) is 87.0 cm³/mol. The first kappa shape index (κ1) is 14.8. The Bertz CT molecular complexity index is 450. The summed E-state index contributed by atoms with van der Waals surface area (Å²) in [6.07, 6.45) is 0. The summed E-state index contributed by atoms with van der Waals surface area (Å²) in [6, 6.07) is 22.1. The van der Waals surface area contributed by atoms with Crippen LogP contribution in [0, 0.1) is 5.92 Å². The van der Waals surface area contributed by atoms with Gasteiger partial charge in [0.15, 0.2) is 0 Å². The van der Waals surface area contributed by atoms with E-state index in [2.05, 4.69) is 86.8 Å². The van der Waals surface area contributed by atoms with Gasteiger partial charge in [-0.05, 0) is 23.6 Å². The number of benzene rings is 2. The van der Waals surface area contributed by atoms with Crippen LogP contribution in [0.25, 0.3) is 0 Å². The molecule has 0 saturated carbocycles. The predicted octanol–water partition coefficient (Wildman–Crippen LogP) is 4.45. The average Bonchev–Trinajstić information content (AvgIpc) is 2.49. The largest absolute Gasteiger partial charge is 0.313 e. The average molecular weight is 267 g/mol. The van der Waals surface area contributed by atoms with Gasteiger partial charge in [0.1, 0.15) is 0 Å². The minimum atomic E-state index is 0.400. The maximum atomic E-state index is 3.68. The molecule has 1 heteroatoms. The van der Waals surface area contributed by atoms with Crippen LogP contribution in [0.1, 0.15) is 37.8 Å². The summed E-state index contributed by atoms with van der Waals surface area (Å²) in [6.45, 7) is 7.78. The summed E-state index contributed by atoms with van der Waals surface area (Å²) >= 11 is 0. The van der Waals surface area contributed by atoms with Gasteiger partial charge in [0.05, 0.1) is 0 Å². The van der Waals surface area contributed by atoms with Crippen LogP contribution in [0.5, 0.6) is 0 Å². The molecule has 0 radical (unpaired) electrons. The van der Waals surface area contributed by atoms with Crippen molar-refractivity contribution in [2.45, 2.75) is 32.7 Å². The summed E-state index contributed by atoms with van der Waals surface area (Å²) in [5.41, 5.74) is 2.77. The summed E-state index contributed by atoms with van der Waals surface area (Å²) in [4.78, 5) is 0. The summed E-state index contributed by atoms with van der Waals surface area (Å²) in [5, 5.41) is 3.68. The lowest BCUT2D eigenvalue weighted by molar-refractivity contribution is 0.373. The second-order valence-corrected chi connectivity index (χ2v) is 5.63. The van der Waals surface area contributed by atoms with Crippen LogP contribution in [0.4, 0.5) is 0 Å². The lowest BCUT2D eigenvalue weighted by atomic mass is 9.80.